The van der Waals surface area contributed by atoms with Crippen molar-refractivity contribution in [2.45, 2.75) is 26.7 Å². The van der Waals surface area contributed by atoms with Crippen LogP contribution in [0.5, 0.6) is 0 Å². The summed E-state index contributed by atoms with van der Waals surface area (Å²) in [4.78, 5) is 21.5. The van der Waals surface area contributed by atoms with Crippen LogP contribution in [0.4, 0.5) is 0 Å². The van der Waals surface area contributed by atoms with Crippen LogP contribution >= 0.6 is 0 Å². The van der Waals surface area contributed by atoms with E-state index in [4.69, 9.17) is 5.11 Å². The summed E-state index contributed by atoms with van der Waals surface area (Å²) >= 11 is 0. The van der Waals surface area contributed by atoms with Crippen LogP contribution in [0.2, 0.25) is 0 Å². The molecule has 14 heavy (non-hydrogen) atoms. The van der Waals surface area contributed by atoms with Gasteiger partial charge in [0.05, 0.1) is 6.26 Å². The summed E-state index contributed by atoms with van der Waals surface area (Å²) in [6.07, 6.45) is 3.64. The lowest BCUT2D eigenvalue weighted by atomic mass is 10.00. The van der Waals surface area contributed by atoms with Crippen molar-refractivity contribution in [1.82, 2.24) is 0 Å². The minimum atomic E-state index is -0.744. The number of ketones is 1. The lowest BCUT2D eigenvalue weighted by molar-refractivity contribution is -0.134. The first-order valence-electron chi connectivity index (χ1n) is 4.78. The number of hydrogen-bond acceptors (Lipinski definition) is 2. The molecule has 3 nitrogen and oxygen atoms in total. The average molecular weight is 219 g/mol. The SMILES string of the molecule is CC[C@@H](CC[S+](C)CC(=O)O)C(C)=O. The molecule has 0 amide bonds. The summed E-state index contributed by atoms with van der Waals surface area (Å²) in [5, 5.41) is 8.56. The van der Waals surface area contributed by atoms with Crippen molar-refractivity contribution in [3.63, 3.8) is 0 Å². The topological polar surface area (TPSA) is 54.4 Å². The van der Waals surface area contributed by atoms with E-state index in [1.54, 1.807) is 6.92 Å². The molecule has 0 radical (unpaired) electrons. The number of rotatable bonds is 7. The molecule has 0 aliphatic heterocycles. The fraction of sp³-hybridized carbons (Fsp3) is 0.800. The Bertz CT molecular complexity index is 204. The van der Waals surface area contributed by atoms with Gasteiger partial charge in [-0.1, -0.05) is 6.92 Å². The molecule has 1 unspecified atom stereocenters. The molecule has 0 saturated heterocycles. The van der Waals surface area contributed by atoms with Gasteiger partial charge in [-0.2, -0.15) is 0 Å². The third-order valence-electron chi connectivity index (χ3n) is 2.25. The van der Waals surface area contributed by atoms with Crippen molar-refractivity contribution < 1.29 is 14.7 Å². The van der Waals surface area contributed by atoms with Crippen LogP contribution in [-0.2, 0) is 20.5 Å². The summed E-state index contributed by atoms with van der Waals surface area (Å²) in [5.74, 6) is 0.684. The van der Waals surface area contributed by atoms with Gasteiger partial charge in [0.2, 0.25) is 5.75 Å². The highest BCUT2D eigenvalue weighted by molar-refractivity contribution is 7.96. The van der Waals surface area contributed by atoms with Crippen molar-refractivity contribution >= 4 is 22.6 Å². The third kappa shape index (κ3) is 6.02. The molecule has 1 N–H and O–H groups in total. The second-order valence-electron chi connectivity index (χ2n) is 3.53. The van der Waals surface area contributed by atoms with Gasteiger partial charge in [0.25, 0.3) is 0 Å². The Morgan fingerprint density at radius 2 is 2.00 bits per heavy atom. The van der Waals surface area contributed by atoms with Gasteiger partial charge in [-0.3, -0.25) is 4.79 Å². The number of carboxylic acids is 1. The number of aliphatic carboxylic acids is 1. The standard InChI is InChI=1S/C10H18O3S/c1-4-9(8(2)11)5-6-14(3)7-10(12)13/h9H,4-7H2,1-3H3/p+1/t9-,14?/m0/s1. The van der Waals surface area contributed by atoms with Crippen LogP contribution in [0.15, 0.2) is 0 Å². The van der Waals surface area contributed by atoms with Gasteiger partial charge < -0.3 is 5.11 Å². The first-order valence-corrected chi connectivity index (χ1v) is 6.75. The van der Waals surface area contributed by atoms with Crippen LogP contribution < -0.4 is 0 Å². The Balaban J connectivity index is 3.79. The molecule has 0 aromatic heterocycles. The number of hydrogen-bond donors (Lipinski definition) is 1. The van der Waals surface area contributed by atoms with Crippen LogP contribution in [0.25, 0.3) is 0 Å². The maximum absolute atomic E-state index is 11.1. The van der Waals surface area contributed by atoms with Gasteiger partial charge in [0.15, 0.2) is 0 Å². The van der Waals surface area contributed by atoms with Crippen LogP contribution in [0.1, 0.15) is 26.7 Å². The summed E-state index contributed by atoms with van der Waals surface area (Å²) in [7, 11) is -0.0906. The van der Waals surface area contributed by atoms with E-state index in [-0.39, 0.29) is 28.3 Å². The quantitative estimate of drug-likeness (QED) is 0.657. The summed E-state index contributed by atoms with van der Waals surface area (Å²) < 4.78 is 0. The molecule has 2 atom stereocenters. The van der Waals surface area contributed by atoms with Gasteiger partial charge in [-0.15, -0.1) is 0 Å². The molecule has 0 fully saturated rings. The second kappa shape index (κ2) is 6.87. The second-order valence-corrected chi connectivity index (χ2v) is 5.79. The fourth-order valence-corrected chi connectivity index (χ4v) is 2.57. The van der Waals surface area contributed by atoms with E-state index >= 15 is 0 Å². The Labute approximate surface area is 88.2 Å². The Morgan fingerprint density at radius 1 is 1.43 bits per heavy atom. The highest BCUT2D eigenvalue weighted by Gasteiger charge is 2.20. The molecule has 0 rings (SSSR count). The van der Waals surface area contributed by atoms with E-state index in [0.29, 0.717) is 0 Å². The molecule has 0 aromatic rings. The van der Waals surface area contributed by atoms with Crippen molar-refractivity contribution in [2.75, 3.05) is 17.8 Å². The van der Waals surface area contributed by atoms with Crippen molar-refractivity contribution in [3.05, 3.63) is 0 Å². The molecular weight excluding hydrogens is 200 g/mol. The molecule has 0 saturated carbocycles. The van der Waals surface area contributed by atoms with Crippen LogP contribution in [0, 0.1) is 5.92 Å². The number of carbonyl (C=O) groups is 2. The maximum Gasteiger partial charge on any atom is 0.353 e. The zero-order valence-electron chi connectivity index (χ0n) is 9.08. The molecule has 0 aromatic carbocycles. The first-order chi connectivity index (χ1) is 6.47. The van der Waals surface area contributed by atoms with E-state index in [1.807, 2.05) is 13.2 Å². The van der Waals surface area contributed by atoms with E-state index in [0.717, 1.165) is 18.6 Å². The molecular formula is C10H19O3S+. The van der Waals surface area contributed by atoms with E-state index in [1.165, 1.54) is 0 Å². The van der Waals surface area contributed by atoms with Crippen molar-refractivity contribution in [1.29, 1.82) is 0 Å². The largest absolute Gasteiger partial charge is 0.478 e. The van der Waals surface area contributed by atoms with Crippen molar-refractivity contribution in [3.8, 4) is 0 Å². The van der Waals surface area contributed by atoms with Gasteiger partial charge in [-0.05, 0) is 24.2 Å². The first kappa shape index (κ1) is 13.5. The molecule has 4 heteroatoms. The molecule has 0 bridgehead atoms. The van der Waals surface area contributed by atoms with Gasteiger partial charge >= 0.3 is 5.97 Å². The zero-order chi connectivity index (χ0) is 11.1. The molecule has 0 heterocycles. The maximum atomic E-state index is 11.1. The smallest absolute Gasteiger partial charge is 0.353 e. The van der Waals surface area contributed by atoms with E-state index in [9.17, 15) is 9.59 Å². The zero-order valence-corrected chi connectivity index (χ0v) is 9.89. The highest BCUT2D eigenvalue weighted by atomic mass is 32.2. The fourth-order valence-electron chi connectivity index (χ4n) is 1.32. The predicted molar refractivity (Wildman–Crippen MR) is 59.7 cm³/mol. The Kier molecular flexibility index (Phi) is 6.62. The lowest BCUT2D eigenvalue weighted by Gasteiger charge is -2.09. The van der Waals surface area contributed by atoms with Crippen LogP contribution in [-0.4, -0.2) is 34.6 Å². The van der Waals surface area contributed by atoms with E-state index in [2.05, 4.69) is 0 Å². The lowest BCUT2D eigenvalue weighted by Crippen LogP contribution is -2.21. The summed E-state index contributed by atoms with van der Waals surface area (Å²) in [6, 6.07) is 0. The average Bonchev–Trinajstić information content (AvgIpc) is 2.03. The Morgan fingerprint density at radius 3 is 2.36 bits per heavy atom. The number of carbonyl (C=O) groups excluding carboxylic acids is 1. The Hall–Kier alpha value is -0.510. The molecule has 0 aliphatic rings. The summed E-state index contributed by atoms with van der Waals surface area (Å²) in [6.45, 7) is 3.61. The highest BCUT2D eigenvalue weighted by Crippen LogP contribution is 2.11. The molecule has 0 spiro atoms. The number of Topliss-reactive ketones (excluding diaryl/α,β-unsaturated/α-hetero) is 1. The number of carboxylic acid groups (broad SMARTS) is 1. The monoisotopic (exact) mass is 219 g/mol. The predicted octanol–water partition coefficient (Wildman–Crippen LogP) is 1.32. The van der Waals surface area contributed by atoms with Crippen LogP contribution in [0.3, 0.4) is 0 Å². The molecule has 82 valence electrons. The normalized spacial score (nSPS) is 14.8. The minimum Gasteiger partial charge on any atom is -0.478 e. The minimum absolute atomic E-state index is 0.0906. The van der Waals surface area contributed by atoms with E-state index < -0.39 is 5.97 Å². The molecule has 0 aliphatic carbocycles. The van der Waals surface area contributed by atoms with Gasteiger partial charge in [0, 0.05) is 12.3 Å². The summed E-state index contributed by atoms with van der Waals surface area (Å²) in [5.41, 5.74) is 0. The van der Waals surface area contributed by atoms with Gasteiger partial charge in [0.1, 0.15) is 11.5 Å². The third-order valence-corrected chi connectivity index (χ3v) is 3.92. The van der Waals surface area contributed by atoms with Gasteiger partial charge in [-0.25, -0.2) is 4.79 Å². The van der Waals surface area contributed by atoms with Crippen molar-refractivity contribution in [2.24, 2.45) is 5.92 Å².